The molecule has 4 rings (SSSR count). The van der Waals surface area contributed by atoms with Crippen LogP contribution in [-0.2, 0) is 4.79 Å². The number of carbonyl (C=O) groups excluding carboxylic acids is 2. The molecule has 154 valence electrons. The van der Waals surface area contributed by atoms with Crippen molar-refractivity contribution in [2.45, 2.75) is 0 Å². The molecule has 0 spiro atoms. The number of hydrogen-bond acceptors (Lipinski definition) is 6. The van der Waals surface area contributed by atoms with E-state index in [1.54, 1.807) is 23.1 Å². The largest absolute Gasteiger partial charge is 0.451 e. The lowest BCUT2D eigenvalue weighted by atomic mass is 10.2. The van der Waals surface area contributed by atoms with E-state index in [4.69, 9.17) is 4.42 Å². The Bertz CT molecular complexity index is 1070. The van der Waals surface area contributed by atoms with Crippen LogP contribution in [0, 0.1) is 10.1 Å². The number of carbonyl (C=O) groups is 2. The number of anilines is 1. The quantitative estimate of drug-likeness (QED) is 0.514. The number of furan rings is 1. The Hall–Kier alpha value is -3.72. The predicted molar refractivity (Wildman–Crippen MR) is 110 cm³/mol. The van der Waals surface area contributed by atoms with Crippen LogP contribution in [0.3, 0.4) is 0 Å². The Kier molecular flexibility index (Phi) is 5.44. The van der Waals surface area contributed by atoms with Crippen molar-refractivity contribution in [3.63, 3.8) is 0 Å². The van der Waals surface area contributed by atoms with Gasteiger partial charge in [-0.1, -0.05) is 30.3 Å². The lowest BCUT2D eigenvalue weighted by Gasteiger charge is -2.33. The summed E-state index contributed by atoms with van der Waals surface area (Å²) in [6.45, 7) is 2.08. The molecule has 1 aliphatic rings. The zero-order valence-electron chi connectivity index (χ0n) is 16.1. The molecule has 1 aliphatic heterocycles. The molecular weight excluding hydrogens is 388 g/mol. The molecule has 2 aromatic carbocycles. The van der Waals surface area contributed by atoms with Crippen molar-refractivity contribution < 1.29 is 18.9 Å². The van der Waals surface area contributed by atoms with Gasteiger partial charge < -0.3 is 14.6 Å². The average molecular weight is 408 g/mol. The maximum atomic E-state index is 12.7. The Morgan fingerprint density at radius 1 is 1.03 bits per heavy atom. The van der Waals surface area contributed by atoms with Crippen molar-refractivity contribution in [3.8, 4) is 0 Å². The molecule has 1 N–H and O–H groups in total. The zero-order valence-corrected chi connectivity index (χ0v) is 16.1. The van der Waals surface area contributed by atoms with E-state index in [-0.39, 0.29) is 29.7 Å². The highest BCUT2D eigenvalue weighted by atomic mass is 16.6. The van der Waals surface area contributed by atoms with Gasteiger partial charge in [0.2, 0.25) is 5.91 Å². The molecule has 1 saturated heterocycles. The summed E-state index contributed by atoms with van der Waals surface area (Å²) in [5.74, 6) is -0.199. The van der Waals surface area contributed by atoms with Crippen LogP contribution in [0.2, 0.25) is 0 Å². The van der Waals surface area contributed by atoms with Crippen LogP contribution in [0.1, 0.15) is 10.6 Å². The van der Waals surface area contributed by atoms with Gasteiger partial charge in [0.1, 0.15) is 11.3 Å². The number of rotatable bonds is 5. The fraction of sp³-hybridized carbons (Fsp3) is 0.238. The number of benzene rings is 2. The Labute approximate surface area is 172 Å². The standard InChI is InChI=1S/C21H20N4O5/c26-20(22-16-6-2-3-7-17(16)25(28)29)14-23-9-11-24(12-10-23)21(27)19-13-15-5-1-4-8-18(15)30-19/h1-8,13H,9-12,14H2,(H,22,26). The number of fused-ring (bicyclic) bond motifs is 1. The number of nitrogens with zero attached hydrogens (tertiary/aromatic N) is 3. The van der Waals surface area contributed by atoms with E-state index in [2.05, 4.69) is 5.32 Å². The second-order valence-electron chi connectivity index (χ2n) is 7.04. The van der Waals surface area contributed by atoms with Gasteiger partial charge in [0.05, 0.1) is 11.5 Å². The van der Waals surface area contributed by atoms with Gasteiger partial charge >= 0.3 is 0 Å². The van der Waals surface area contributed by atoms with E-state index < -0.39 is 4.92 Å². The van der Waals surface area contributed by atoms with Gasteiger partial charge in [0.15, 0.2) is 5.76 Å². The van der Waals surface area contributed by atoms with Crippen LogP contribution < -0.4 is 5.32 Å². The first-order valence-corrected chi connectivity index (χ1v) is 9.55. The Morgan fingerprint density at radius 2 is 1.73 bits per heavy atom. The summed E-state index contributed by atoms with van der Waals surface area (Å²) in [6, 6.07) is 15.2. The monoisotopic (exact) mass is 408 g/mol. The van der Waals surface area contributed by atoms with E-state index in [0.29, 0.717) is 37.5 Å². The number of piperazine rings is 1. The van der Waals surface area contributed by atoms with Crippen molar-refractivity contribution in [2.24, 2.45) is 0 Å². The van der Waals surface area contributed by atoms with Crippen LogP contribution in [0.15, 0.2) is 59.0 Å². The summed E-state index contributed by atoms with van der Waals surface area (Å²) in [5.41, 5.74) is 0.699. The number of hydrogen-bond donors (Lipinski definition) is 1. The molecule has 1 fully saturated rings. The maximum Gasteiger partial charge on any atom is 0.292 e. The molecule has 2 heterocycles. The molecular formula is C21H20N4O5. The Balaban J connectivity index is 1.32. The molecule has 0 unspecified atom stereocenters. The Morgan fingerprint density at radius 3 is 2.47 bits per heavy atom. The van der Waals surface area contributed by atoms with Gasteiger partial charge in [0.25, 0.3) is 11.6 Å². The molecule has 30 heavy (non-hydrogen) atoms. The third-order valence-electron chi connectivity index (χ3n) is 5.04. The lowest BCUT2D eigenvalue weighted by molar-refractivity contribution is -0.383. The highest BCUT2D eigenvalue weighted by Crippen LogP contribution is 2.23. The molecule has 0 radical (unpaired) electrons. The third-order valence-corrected chi connectivity index (χ3v) is 5.04. The first-order chi connectivity index (χ1) is 14.5. The number of nitro groups is 1. The second-order valence-corrected chi connectivity index (χ2v) is 7.04. The van der Waals surface area contributed by atoms with Crippen LogP contribution in [0.5, 0.6) is 0 Å². The molecule has 1 aromatic heterocycles. The molecule has 0 atom stereocenters. The predicted octanol–water partition coefficient (Wildman–Crippen LogP) is 2.74. The van der Waals surface area contributed by atoms with Gasteiger partial charge in [-0.2, -0.15) is 0 Å². The number of amides is 2. The van der Waals surface area contributed by atoms with E-state index in [9.17, 15) is 19.7 Å². The first kappa shape index (κ1) is 19.6. The third kappa shape index (κ3) is 4.15. The van der Waals surface area contributed by atoms with E-state index in [0.717, 1.165) is 5.39 Å². The van der Waals surface area contributed by atoms with Crippen molar-refractivity contribution in [1.29, 1.82) is 0 Å². The maximum absolute atomic E-state index is 12.7. The normalized spacial score (nSPS) is 14.6. The fourth-order valence-corrected chi connectivity index (χ4v) is 3.48. The SMILES string of the molecule is O=C(CN1CCN(C(=O)c2cc3ccccc3o2)CC1)Nc1ccccc1[N+](=O)[O-]. The summed E-state index contributed by atoms with van der Waals surface area (Å²) in [7, 11) is 0. The summed E-state index contributed by atoms with van der Waals surface area (Å²) < 4.78 is 5.65. The van der Waals surface area contributed by atoms with Crippen molar-refractivity contribution >= 4 is 34.2 Å². The topological polar surface area (TPSA) is 109 Å². The minimum absolute atomic E-state index is 0.0959. The van der Waals surface area contributed by atoms with Gasteiger partial charge in [-0.05, 0) is 18.2 Å². The molecule has 2 amide bonds. The number of nitro benzene ring substituents is 1. The van der Waals surface area contributed by atoms with Crippen LogP contribution in [0.4, 0.5) is 11.4 Å². The lowest BCUT2D eigenvalue weighted by Crippen LogP contribution is -2.50. The molecule has 3 aromatic rings. The second kappa shape index (κ2) is 8.34. The zero-order chi connectivity index (χ0) is 21.1. The number of nitrogens with one attached hydrogen (secondary N) is 1. The van der Waals surface area contributed by atoms with Gasteiger partial charge in [-0.15, -0.1) is 0 Å². The van der Waals surface area contributed by atoms with Crippen molar-refractivity contribution in [3.05, 3.63) is 70.5 Å². The molecule has 0 saturated carbocycles. The summed E-state index contributed by atoms with van der Waals surface area (Å²) in [4.78, 5) is 39.2. The first-order valence-electron chi connectivity index (χ1n) is 9.55. The molecule has 0 aliphatic carbocycles. The van der Waals surface area contributed by atoms with Crippen molar-refractivity contribution in [2.75, 3.05) is 38.0 Å². The minimum atomic E-state index is -0.530. The van der Waals surface area contributed by atoms with E-state index in [1.807, 2.05) is 29.2 Å². The van der Waals surface area contributed by atoms with Crippen LogP contribution >= 0.6 is 0 Å². The van der Waals surface area contributed by atoms with Crippen LogP contribution in [-0.4, -0.2) is 59.3 Å². The van der Waals surface area contributed by atoms with Gasteiger partial charge in [0, 0.05) is 37.6 Å². The molecule has 0 bridgehead atoms. The molecule has 9 nitrogen and oxygen atoms in total. The number of para-hydroxylation sites is 3. The van der Waals surface area contributed by atoms with E-state index in [1.165, 1.54) is 12.1 Å². The fourth-order valence-electron chi connectivity index (χ4n) is 3.48. The van der Waals surface area contributed by atoms with Gasteiger partial charge in [-0.3, -0.25) is 24.6 Å². The summed E-state index contributed by atoms with van der Waals surface area (Å²) >= 11 is 0. The highest BCUT2D eigenvalue weighted by Gasteiger charge is 2.26. The van der Waals surface area contributed by atoms with E-state index >= 15 is 0 Å². The summed E-state index contributed by atoms with van der Waals surface area (Å²) in [6.07, 6.45) is 0. The van der Waals surface area contributed by atoms with Crippen LogP contribution in [0.25, 0.3) is 11.0 Å². The smallest absolute Gasteiger partial charge is 0.292 e. The average Bonchev–Trinajstić information content (AvgIpc) is 3.18. The van der Waals surface area contributed by atoms with Crippen molar-refractivity contribution in [1.82, 2.24) is 9.80 Å². The minimum Gasteiger partial charge on any atom is -0.451 e. The summed E-state index contributed by atoms with van der Waals surface area (Å²) in [5, 5.41) is 14.5. The highest BCUT2D eigenvalue weighted by molar-refractivity contribution is 5.96. The molecule has 9 heteroatoms. The van der Waals surface area contributed by atoms with Gasteiger partial charge in [-0.25, -0.2) is 0 Å².